The Kier molecular flexibility index (Phi) is 8.43. The summed E-state index contributed by atoms with van der Waals surface area (Å²) < 4.78 is 0. The summed E-state index contributed by atoms with van der Waals surface area (Å²) in [5, 5.41) is 34.7. The van der Waals surface area contributed by atoms with E-state index in [1.807, 2.05) is 6.07 Å². The second kappa shape index (κ2) is 10.3. The fourth-order valence-corrected chi connectivity index (χ4v) is 3.26. The number of nitrogens with zero attached hydrogens (tertiary/aromatic N) is 2. The van der Waals surface area contributed by atoms with Crippen molar-refractivity contribution in [3.05, 3.63) is 33.4 Å². The van der Waals surface area contributed by atoms with Gasteiger partial charge < -0.3 is 16.2 Å². The monoisotopic (exact) mass is 411 g/mol. The average Bonchev–Trinajstić information content (AvgIpc) is 2.58. The predicted molar refractivity (Wildman–Crippen MR) is 104 cm³/mol. The zero-order valence-electron chi connectivity index (χ0n) is 14.2. The number of thiocarbonyl (C=S) groups is 1. The van der Waals surface area contributed by atoms with Crippen LogP contribution in [-0.4, -0.2) is 45.5 Å². The van der Waals surface area contributed by atoms with Crippen molar-refractivity contribution in [2.45, 2.75) is 12.3 Å². The fourth-order valence-electron chi connectivity index (χ4n) is 2.28. The maximum Gasteiger partial charge on any atom is 0.317 e. The highest BCUT2D eigenvalue weighted by atomic mass is 32.2. The molecule has 0 bridgehead atoms. The molecule has 1 aromatic carbocycles. The third kappa shape index (κ3) is 5.80. The van der Waals surface area contributed by atoms with Gasteiger partial charge in [-0.3, -0.25) is 20.2 Å². The van der Waals surface area contributed by atoms with E-state index in [0.717, 1.165) is 6.07 Å². The number of phenolic OH excluding ortho intramolecular Hbond substituents is 1. The third-order valence-corrected chi connectivity index (χ3v) is 4.38. The number of nitro benzene ring substituents is 1. The molecule has 0 radical (unpaired) electrons. The summed E-state index contributed by atoms with van der Waals surface area (Å²) in [6.07, 6.45) is 1.86. The molecule has 0 aliphatic heterocycles. The van der Waals surface area contributed by atoms with Crippen molar-refractivity contribution in [2.75, 3.05) is 18.6 Å². The van der Waals surface area contributed by atoms with Crippen LogP contribution in [0.15, 0.2) is 12.1 Å². The van der Waals surface area contributed by atoms with Gasteiger partial charge in [0.25, 0.3) is 0 Å². The van der Waals surface area contributed by atoms with Gasteiger partial charge in [0, 0.05) is 18.4 Å². The quantitative estimate of drug-likeness (QED) is 0.213. The largest absolute Gasteiger partial charge is 0.502 e. The molecule has 3 amide bonds. The minimum absolute atomic E-state index is 0.109. The number of primary amides is 1. The van der Waals surface area contributed by atoms with Crippen molar-refractivity contribution in [3.8, 4) is 11.8 Å². The maximum atomic E-state index is 12.5. The van der Waals surface area contributed by atoms with Crippen LogP contribution in [-0.2, 0) is 4.79 Å². The van der Waals surface area contributed by atoms with E-state index in [0.29, 0.717) is 0 Å². The van der Waals surface area contributed by atoms with Crippen LogP contribution in [0.25, 0.3) is 0 Å². The molecule has 0 saturated heterocycles. The summed E-state index contributed by atoms with van der Waals surface area (Å²) >= 11 is 6.36. The van der Waals surface area contributed by atoms with E-state index in [-0.39, 0.29) is 34.8 Å². The Hall–Kier alpha value is -2.91. The van der Waals surface area contributed by atoms with Gasteiger partial charge in [0.1, 0.15) is 4.99 Å². The SMILES string of the molecule is CSCC(C(=O)NCCC#N)c1ccc([N+](=O)[O-])c(O)c1C(=S)NC(N)=O. The summed E-state index contributed by atoms with van der Waals surface area (Å²) in [5.41, 5.74) is 4.39. The van der Waals surface area contributed by atoms with Gasteiger partial charge in [-0.15, -0.1) is 0 Å². The fraction of sp³-hybridized carbons (Fsp3) is 0.333. The number of thioether (sulfide) groups is 1. The number of phenols is 1. The van der Waals surface area contributed by atoms with Gasteiger partial charge >= 0.3 is 11.7 Å². The number of carbonyl (C=O) groups excluding carboxylic acids is 2. The molecular weight excluding hydrogens is 394 g/mol. The second-order valence-electron chi connectivity index (χ2n) is 5.18. The first-order valence-electron chi connectivity index (χ1n) is 7.49. The minimum atomic E-state index is -1.02. The van der Waals surface area contributed by atoms with Gasteiger partial charge in [0.2, 0.25) is 11.7 Å². The molecule has 0 heterocycles. The van der Waals surface area contributed by atoms with Crippen molar-refractivity contribution in [3.63, 3.8) is 0 Å². The number of hydrogen-bond acceptors (Lipinski definition) is 8. The van der Waals surface area contributed by atoms with Crippen LogP contribution in [0, 0.1) is 21.4 Å². The Bertz CT molecular complexity index is 809. The highest BCUT2D eigenvalue weighted by Crippen LogP contribution is 2.36. The third-order valence-electron chi connectivity index (χ3n) is 3.41. The number of nitro groups is 1. The van der Waals surface area contributed by atoms with Gasteiger partial charge in [-0.2, -0.15) is 17.0 Å². The molecule has 12 heteroatoms. The molecule has 0 aromatic heterocycles. The Morgan fingerprint density at radius 1 is 1.52 bits per heavy atom. The molecule has 27 heavy (non-hydrogen) atoms. The lowest BCUT2D eigenvalue weighted by atomic mass is 9.93. The number of urea groups is 1. The van der Waals surface area contributed by atoms with Crippen molar-refractivity contribution < 1.29 is 19.6 Å². The maximum absolute atomic E-state index is 12.5. The average molecular weight is 411 g/mol. The number of nitrogens with one attached hydrogen (secondary N) is 2. The Labute approximate surface area is 164 Å². The normalized spacial score (nSPS) is 11.1. The second-order valence-corrected chi connectivity index (χ2v) is 6.50. The molecule has 1 unspecified atom stereocenters. The molecule has 144 valence electrons. The number of hydrogen-bond donors (Lipinski definition) is 4. The number of nitriles is 1. The van der Waals surface area contributed by atoms with Crippen molar-refractivity contribution in [2.24, 2.45) is 5.73 Å². The van der Waals surface area contributed by atoms with Crippen LogP contribution >= 0.6 is 24.0 Å². The van der Waals surface area contributed by atoms with Crippen molar-refractivity contribution in [1.29, 1.82) is 5.26 Å². The zero-order valence-corrected chi connectivity index (χ0v) is 15.9. The van der Waals surface area contributed by atoms with Crippen LogP contribution in [0.4, 0.5) is 10.5 Å². The van der Waals surface area contributed by atoms with E-state index in [2.05, 4.69) is 10.6 Å². The molecule has 1 rings (SSSR count). The smallest absolute Gasteiger partial charge is 0.317 e. The van der Waals surface area contributed by atoms with E-state index in [1.54, 1.807) is 6.26 Å². The molecule has 10 nitrogen and oxygen atoms in total. The summed E-state index contributed by atoms with van der Waals surface area (Å²) in [6, 6.07) is 3.23. The molecule has 5 N–H and O–H groups in total. The number of nitrogens with two attached hydrogens (primary N) is 1. The Morgan fingerprint density at radius 2 is 2.19 bits per heavy atom. The molecule has 0 saturated carbocycles. The van der Waals surface area contributed by atoms with E-state index in [1.165, 1.54) is 17.8 Å². The lowest BCUT2D eigenvalue weighted by Crippen LogP contribution is -2.36. The van der Waals surface area contributed by atoms with Gasteiger partial charge in [-0.05, 0) is 11.8 Å². The van der Waals surface area contributed by atoms with E-state index >= 15 is 0 Å². The van der Waals surface area contributed by atoms with Gasteiger partial charge in [-0.25, -0.2) is 4.79 Å². The first-order chi connectivity index (χ1) is 12.7. The van der Waals surface area contributed by atoms with Gasteiger partial charge in [0.15, 0.2) is 0 Å². The Balaban J connectivity index is 3.48. The van der Waals surface area contributed by atoms with Crippen LogP contribution in [0.2, 0.25) is 0 Å². The van der Waals surface area contributed by atoms with Crippen LogP contribution < -0.4 is 16.4 Å². The Morgan fingerprint density at radius 3 is 2.70 bits per heavy atom. The van der Waals surface area contributed by atoms with Crippen LogP contribution in [0.5, 0.6) is 5.75 Å². The standard InChI is InChI=1S/C15H17N5O5S2/c1-27-7-9(13(22)18-6-2-5-16)8-3-4-10(20(24)25)12(21)11(8)14(26)19-15(17)23/h3-4,9,21H,2,6-7H2,1H3,(H,18,22)(H3,17,19,23,26). The number of aromatic hydroxyl groups is 1. The molecule has 0 spiro atoms. The molecule has 1 aromatic rings. The van der Waals surface area contributed by atoms with Crippen molar-refractivity contribution >= 4 is 46.6 Å². The van der Waals surface area contributed by atoms with E-state index < -0.39 is 34.2 Å². The summed E-state index contributed by atoms with van der Waals surface area (Å²) in [4.78, 5) is 33.6. The first kappa shape index (κ1) is 22.1. The highest BCUT2D eigenvalue weighted by molar-refractivity contribution is 7.98. The number of carbonyl (C=O) groups is 2. The lowest BCUT2D eigenvalue weighted by molar-refractivity contribution is -0.385. The van der Waals surface area contributed by atoms with Gasteiger partial charge in [0.05, 0.1) is 28.9 Å². The molecule has 1 atom stereocenters. The topological polar surface area (TPSA) is 171 Å². The molecule has 0 aliphatic carbocycles. The highest BCUT2D eigenvalue weighted by Gasteiger charge is 2.30. The summed E-state index contributed by atoms with van der Waals surface area (Å²) in [6.45, 7) is 0.124. The first-order valence-corrected chi connectivity index (χ1v) is 9.29. The number of rotatable bonds is 8. The molecule has 0 aliphatic rings. The van der Waals surface area contributed by atoms with Gasteiger partial charge in [-0.1, -0.05) is 18.3 Å². The summed E-state index contributed by atoms with van der Waals surface area (Å²) in [5.74, 6) is -1.79. The number of benzene rings is 1. The van der Waals surface area contributed by atoms with E-state index in [9.17, 15) is 24.8 Å². The van der Waals surface area contributed by atoms with E-state index in [4.69, 9.17) is 23.2 Å². The summed E-state index contributed by atoms with van der Waals surface area (Å²) in [7, 11) is 0. The molecular formula is C15H17N5O5S2. The predicted octanol–water partition coefficient (Wildman–Crippen LogP) is 1.12. The number of amides is 3. The van der Waals surface area contributed by atoms with Crippen LogP contribution in [0.3, 0.4) is 0 Å². The lowest BCUT2D eigenvalue weighted by Gasteiger charge is -2.20. The van der Waals surface area contributed by atoms with Crippen LogP contribution in [0.1, 0.15) is 23.5 Å². The van der Waals surface area contributed by atoms with Crippen molar-refractivity contribution in [1.82, 2.24) is 10.6 Å². The molecule has 0 fully saturated rings. The zero-order chi connectivity index (χ0) is 20.6. The minimum Gasteiger partial charge on any atom is -0.502 e.